The molecule has 1 atom stereocenters. The fourth-order valence-electron chi connectivity index (χ4n) is 1.55. The van der Waals surface area contributed by atoms with E-state index in [1.54, 1.807) is 0 Å². The zero-order chi connectivity index (χ0) is 13.7. The number of hydrogen-bond donors (Lipinski definition) is 2. The largest absolute Gasteiger partial charge is 0.401 e. The second-order valence-corrected chi connectivity index (χ2v) is 5.68. The van der Waals surface area contributed by atoms with Gasteiger partial charge >= 0.3 is 6.18 Å². The lowest BCUT2D eigenvalue weighted by atomic mass is 9.81. The monoisotopic (exact) mass is 273 g/mol. The Morgan fingerprint density at radius 1 is 1.24 bits per heavy atom. The zero-order valence-electron chi connectivity index (χ0n) is 10.6. The van der Waals surface area contributed by atoms with Crippen molar-refractivity contribution in [3.05, 3.63) is 0 Å². The molecule has 104 valence electrons. The highest BCUT2D eigenvalue weighted by molar-refractivity contribution is 7.80. The molecule has 1 N–H and O–H groups in total. The molecule has 2 nitrogen and oxygen atoms in total. The first kappa shape index (κ1) is 17.1. The average Bonchev–Trinajstić information content (AvgIpc) is 2.09. The molecule has 0 saturated heterocycles. The van der Waals surface area contributed by atoms with Gasteiger partial charge in [0.1, 0.15) is 0 Å². The van der Waals surface area contributed by atoms with Gasteiger partial charge in [0.05, 0.1) is 13.2 Å². The second kappa shape index (κ2) is 6.85. The Kier molecular flexibility index (Phi) is 6.87. The summed E-state index contributed by atoms with van der Waals surface area (Å²) in [6.07, 6.45) is -4.23. The summed E-state index contributed by atoms with van der Waals surface area (Å²) in [6.45, 7) is 5.05. The van der Waals surface area contributed by atoms with Crippen LogP contribution in [-0.2, 0) is 0 Å². The normalized spacial score (nSPS) is 15.4. The van der Waals surface area contributed by atoms with E-state index in [2.05, 4.69) is 12.6 Å². The van der Waals surface area contributed by atoms with Crippen molar-refractivity contribution in [1.82, 2.24) is 4.90 Å². The summed E-state index contributed by atoms with van der Waals surface area (Å²) in [5, 5.41) is 8.79. The first-order valence-electron chi connectivity index (χ1n) is 5.61. The predicted octanol–water partition coefficient (Wildman–Crippen LogP) is 2.44. The van der Waals surface area contributed by atoms with Crippen molar-refractivity contribution in [1.29, 1.82) is 0 Å². The quantitative estimate of drug-likeness (QED) is 0.726. The third kappa shape index (κ3) is 7.89. The summed E-state index contributed by atoms with van der Waals surface area (Å²) in [6, 6.07) is 0. The van der Waals surface area contributed by atoms with E-state index in [1.807, 2.05) is 20.8 Å². The molecule has 0 aromatic heterocycles. The minimum atomic E-state index is -4.23. The molecule has 6 heteroatoms. The lowest BCUT2D eigenvalue weighted by Crippen LogP contribution is -2.42. The van der Waals surface area contributed by atoms with Crippen molar-refractivity contribution in [2.24, 2.45) is 11.3 Å². The number of halogens is 3. The molecule has 0 spiro atoms. The van der Waals surface area contributed by atoms with Gasteiger partial charge in [-0.1, -0.05) is 20.8 Å². The summed E-state index contributed by atoms with van der Waals surface area (Å²) in [4.78, 5) is 1.24. The van der Waals surface area contributed by atoms with Gasteiger partial charge in [0, 0.05) is 13.1 Å². The van der Waals surface area contributed by atoms with Gasteiger partial charge in [-0.05, 0) is 17.1 Å². The van der Waals surface area contributed by atoms with Crippen LogP contribution in [0.15, 0.2) is 0 Å². The van der Waals surface area contributed by atoms with E-state index in [0.29, 0.717) is 12.3 Å². The Hall–Kier alpha value is 0.0600. The van der Waals surface area contributed by atoms with E-state index < -0.39 is 12.7 Å². The standard InChI is InChI=1S/C11H22F3NOS/c1-10(2,3)9(7-17)6-15(4-5-16)8-11(12,13)14/h9,16-17H,4-8H2,1-3H3. The van der Waals surface area contributed by atoms with Crippen LogP contribution in [0.3, 0.4) is 0 Å². The van der Waals surface area contributed by atoms with Crippen LogP contribution in [0.5, 0.6) is 0 Å². The van der Waals surface area contributed by atoms with Crippen molar-refractivity contribution < 1.29 is 18.3 Å². The summed E-state index contributed by atoms with van der Waals surface area (Å²) < 4.78 is 37.0. The first-order chi connectivity index (χ1) is 7.60. The number of aliphatic hydroxyl groups excluding tert-OH is 1. The van der Waals surface area contributed by atoms with Gasteiger partial charge in [-0.15, -0.1) is 0 Å². The topological polar surface area (TPSA) is 23.5 Å². The van der Waals surface area contributed by atoms with E-state index in [9.17, 15) is 13.2 Å². The highest BCUT2D eigenvalue weighted by atomic mass is 32.1. The van der Waals surface area contributed by atoms with Crippen molar-refractivity contribution in [2.75, 3.05) is 32.0 Å². The SMILES string of the molecule is CC(C)(C)C(CS)CN(CCO)CC(F)(F)F. The smallest absolute Gasteiger partial charge is 0.395 e. The Morgan fingerprint density at radius 3 is 2.06 bits per heavy atom. The number of rotatable bonds is 6. The molecule has 0 heterocycles. The Morgan fingerprint density at radius 2 is 1.76 bits per heavy atom. The first-order valence-corrected chi connectivity index (χ1v) is 6.24. The number of nitrogens with zero attached hydrogens (tertiary/aromatic N) is 1. The summed E-state index contributed by atoms with van der Waals surface area (Å²) in [7, 11) is 0. The molecule has 0 radical (unpaired) electrons. The minimum Gasteiger partial charge on any atom is -0.395 e. The van der Waals surface area contributed by atoms with Crippen LogP contribution in [0.4, 0.5) is 13.2 Å². The fourth-order valence-corrected chi connectivity index (χ4v) is 2.21. The van der Waals surface area contributed by atoms with Crippen LogP contribution in [0.25, 0.3) is 0 Å². The second-order valence-electron chi connectivity index (χ2n) is 5.32. The third-order valence-electron chi connectivity index (χ3n) is 2.74. The van der Waals surface area contributed by atoms with Crippen molar-refractivity contribution >= 4 is 12.6 Å². The minimum absolute atomic E-state index is 0.0415. The molecule has 0 fully saturated rings. The molecule has 0 bridgehead atoms. The molecule has 17 heavy (non-hydrogen) atoms. The molecule has 0 aliphatic carbocycles. The van der Waals surface area contributed by atoms with E-state index in [4.69, 9.17) is 5.11 Å². The van der Waals surface area contributed by atoms with E-state index in [0.717, 1.165) is 0 Å². The van der Waals surface area contributed by atoms with Gasteiger partial charge < -0.3 is 5.11 Å². The number of alkyl halides is 3. The van der Waals surface area contributed by atoms with Gasteiger partial charge in [0.15, 0.2) is 0 Å². The number of aliphatic hydroxyl groups is 1. The summed E-state index contributed by atoms with van der Waals surface area (Å²) in [5.74, 6) is 0.586. The van der Waals surface area contributed by atoms with Crippen LogP contribution in [0.2, 0.25) is 0 Å². The maximum atomic E-state index is 12.3. The van der Waals surface area contributed by atoms with Crippen LogP contribution in [0, 0.1) is 11.3 Å². The Bertz CT molecular complexity index is 216. The highest BCUT2D eigenvalue weighted by Crippen LogP contribution is 2.28. The molecule has 0 aliphatic rings. The molecule has 0 amide bonds. The Labute approximate surface area is 107 Å². The van der Waals surface area contributed by atoms with E-state index in [-0.39, 0.29) is 24.5 Å². The lowest BCUT2D eigenvalue weighted by Gasteiger charge is -2.34. The molecule has 0 aliphatic heterocycles. The third-order valence-corrected chi connectivity index (χ3v) is 3.18. The summed E-state index contributed by atoms with van der Waals surface area (Å²) >= 11 is 4.19. The van der Waals surface area contributed by atoms with Gasteiger partial charge in [-0.3, -0.25) is 4.90 Å². The molecule has 0 aromatic rings. The Balaban J connectivity index is 4.51. The molecule has 0 aromatic carbocycles. The maximum Gasteiger partial charge on any atom is 0.401 e. The highest BCUT2D eigenvalue weighted by Gasteiger charge is 2.33. The van der Waals surface area contributed by atoms with Crippen LogP contribution < -0.4 is 0 Å². The zero-order valence-corrected chi connectivity index (χ0v) is 11.5. The molecule has 0 rings (SSSR count). The van der Waals surface area contributed by atoms with E-state index >= 15 is 0 Å². The average molecular weight is 273 g/mol. The van der Waals surface area contributed by atoms with E-state index in [1.165, 1.54) is 4.90 Å². The van der Waals surface area contributed by atoms with Crippen molar-refractivity contribution in [3.8, 4) is 0 Å². The van der Waals surface area contributed by atoms with Crippen molar-refractivity contribution in [2.45, 2.75) is 26.9 Å². The van der Waals surface area contributed by atoms with Crippen LogP contribution in [0.1, 0.15) is 20.8 Å². The van der Waals surface area contributed by atoms with Crippen LogP contribution in [-0.4, -0.2) is 48.2 Å². The molecular formula is C11H22F3NOS. The number of thiol groups is 1. The fraction of sp³-hybridized carbons (Fsp3) is 1.00. The summed E-state index contributed by atoms with van der Waals surface area (Å²) in [5.41, 5.74) is -0.0962. The number of hydrogen-bond acceptors (Lipinski definition) is 3. The van der Waals surface area contributed by atoms with Gasteiger partial charge in [0.2, 0.25) is 0 Å². The van der Waals surface area contributed by atoms with Crippen LogP contribution >= 0.6 is 12.6 Å². The molecule has 1 unspecified atom stereocenters. The molecule has 0 saturated carbocycles. The predicted molar refractivity (Wildman–Crippen MR) is 66.4 cm³/mol. The van der Waals surface area contributed by atoms with Gasteiger partial charge in [-0.25, -0.2) is 0 Å². The van der Waals surface area contributed by atoms with Gasteiger partial charge in [-0.2, -0.15) is 25.8 Å². The molecular weight excluding hydrogens is 251 g/mol. The maximum absolute atomic E-state index is 12.3. The van der Waals surface area contributed by atoms with Gasteiger partial charge in [0.25, 0.3) is 0 Å². The lowest BCUT2D eigenvalue weighted by molar-refractivity contribution is -0.148. The van der Waals surface area contributed by atoms with Crippen molar-refractivity contribution in [3.63, 3.8) is 0 Å².